The number of hydrogen-bond donors (Lipinski definition) is 0. The Morgan fingerprint density at radius 2 is 1.68 bits per heavy atom. The van der Waals surface area contributed by atoms with Crippen molar-refractivity contribution in [1.29, 1.82) is 0 Å². The van der Waals surface area contributed by atoms with Gasteiger partial charge in [0.2, 0.25) is 0 Å². The molecule has 0 amide bonds. The van der Waals surface area contributed by atoms with Crippen LogP contribution in [0.25, 0.3) is 0 Å². The Labute approximate surface area is 112 Å². The maximum absolute atomic E-state index is 12.1. The first-order valence-corrected chi connectivity index (χ1v) is 7.08. The fourth-order valence-electron chi connectivity index (χ4n) is 1.66. The molecular weight excluding hydrogens is 264 g/mol. The summed E-state index contributed by atoms with van der Waals surface area (Å²) >= 11 is 0. The van der Waals surface area contributed by atoms with Crippen LogP contribution in [0.2, 0.25) is 0 Å². The van der Waals surface area contributed by atoms with Gasteiger partial charge >= 0.3 is 10.1 Å². The molecule has 0 aliphatic carbocycles. The van der Waals surface area contributed by atoms with Crippen LogP contribution in [0.4, 0.5) is 0 Å². The first kappa shape index (κ1) is 13.4. The fourth-order valence-corrected chi connectivity index (χ4v) is 2.67. The lowest BCUT2D eigenvalue weighted by molar-refractivity contribution is 0.411. The van der Waals surface area contributed by atoms with Crippen molar-refractivity contribution in [3.05, 3.63) is 54.1 Å². The molecule has 5 heteroatoms. The van der Waals surface area contributed by atoms with Crippen LogP contribution in [0.15, 0.2) is 53.4 Å². The molecule has 100 valence electrons. The van der Waals surface area contributed by atoms with Crippen LogP contribution in [0.1, 0.15) is 5.56 Å². The summed E-state index contributed by atoms with van der Waals surface area (Å²) in [6, 6.07) is 13.0. The van der Waals surface area contributed by atoms with Gasteiger partial charge in [-0.2, -0.15) is 8.42 Å². The van der Waals surface area contributed by atoms with Gasteiger partial charge in [0.1, 0.15) is 16.4 Å². The molecule has 0 aliphatic rings. The number of rotatable bonds is 4. The predicted octanol–water partition coefficient (Wildman–Crippen LogP) is 2.77. The summed E-state index contributed by atoms with van der Waals surface area (Å²) < 4.78 is 34.3. The van der Waals surface area contributed by atoms with Crippen LogP contribution in [0.3, 0.4) is 0 Å². The predicted molar refractivity (Wildman–Crippen MR) is 72.0 cm³/mol. The quantitative estimate of drug-likeness (QED) is 0.807. The molecule has 19 heavy (non-hydrogen) atoms. The average molecular weight is 278 g/mol. The highest BCUT2D eigenvalue weighted by molar-refractivity contribution is 7.87. The lowest BCUT2D eigenvalue weighted by atomic mass is 10.2. The van der Waals surface area contributed by atoms with Crippen molar-refractivity contribution in [3.63, 3.8) is 0 Å². The third-order valence-corrected chi connectivity index (χ3v) is 3.85. The van der Waals surface area contributed by atoms with Crippen LogP contribution in [-0.4, -0.2) is 15.5 Å². The lowest BCUT2D eigenvalue weighted by Gasteiger charge is -2.09. The van der Waals surface area contributed by atoms with Gasteiger partial charge < -0.3 is 8.92 Å². The number of para-hydroxylation sites is 1. The molecule has 2 aromatic carbocycles. The summed E-state index contributed by atoms with van der Waals surface area (Å²) in [5, 5.41) is 0. The summed E-state index contributed by atoms with van der Waals surface area (Å²) in [6.07, 6.45) is 0. The highest BCUT2D eigenvalue weighted by Crippen LogP contribution is 2.23. The zero-order valence-corrected chi connectivity index (χ0v) is 11.5. The smallest absolute Gasteiger partial charge is 0.339 e. The summed E-state index contributed by atoms with van der Waals surface area (Å²) in [4.78, 5) is 0.106. The molecule has 2 aromatic rings. The summed E-state index contributed by atoms with van der Waals surface area (Å²) in [5.41, 5.74) is 0.736. The van der Waals surface area contributed by atoms with Crippen LogP contribution in [0.5, 0.6) is 11.5 Å². The zero-order valence-electron chi connectivity index (χ0n) is 10.7. The van der Waals surface area contributed by atoms with E-state index in [1.807, 2.05) is 0 Å². The van der Waals surface area contributed by atoms with Gasteiger partial charge in [0.05, 0.1) is 7.11 Å². The van der Waals surface area contributed by atoms with E-state index < -0.39 is 10.1 Å². The standard InChI is InChI=1S/C14H14O4S/c1-11-10-13(8-9-14(11)17-2)19(15,16)18-12-6-4-3-5-7-12/h3-10H,1-2H3. The topological polar surface area (TPSA) is 52.6 Å². The Morgan fingerprint density at radius 1 is 1.00 bits per heavy atom. The van der Waals surface area contributed by atoms with Gasteiger partial charge in [0.15, 0.2) is 0 Å². The van der Waals surface area contributed by atoms with E-state index in [2.05, 4.69) is 0 Å². The van der Waals surface area contributed by atoms with E-state index >= 15 is 0 Å². The Balaban J connectivity index is 2.32. The zero-order chi connectivity index (χ0) is 13.9. The molecule has 2 rings (SSSR count). The minimum absolute atomic E-state index is 0.106. The highest BCUT2D eigenvalue weighted by Gasteiger charge is 2.17. The first-order valence-electron chi connectivity index (χ1n) is 5.67. The van der Waals surface area contributed by atoms with Gasteiger partial charge in [-0.3, -0.25) is 0 Å². The Bertz CT molecular complexity index is 663. The van der Waals surface area contributed by atoms with E-state index in [-0.39, 0.29) is 10.6 Å². The van der Waals surface area contributed by atoms with Crippen LogP contribution >= 0.6 is 0 Å². The monoisotopic (exact) mass is 278 g/mol. The largest absolute Gasteiger partial charge is 0.496 e. The molecule has 0 atom stereocenters. The van der Waals surface area contributed by atoms with Gasteiger partial charge in [-0.15, -0.1) is 0 Å². The molecule has 0 aliphatic heterocycles. The number of aryl methyl sites for hydroxylation is 1. The molecule has 0 fully saturated rings. The second-order valence-electron chi connectivity index (χ2n) is 3.98. The molecule has 0 saturated heterocycles. The summed E-state index contributed by atoms with van der Waals surface area (Å²) in [5.74, 6) is 0.926. The van der Waals surface area contributed by atoms with Crippen molar-refractivity contribution in [2.24, 2.45) is 0 Å². The molecule has 0 spiro atoms. The van der Waals surface area contributed by atoms with E-state index in [0.29, 0.717) is 5.75 Å². The Morgan fingerprint density at radius 3 is 2.26 bits per heavy atom. The average Bonchev–Trinajstić information content (AvgIpc) is 2.39. The van der Waals surface area contributed by atoms with Crippen molar-refractivity contribution in [2.45, 2.75) is 11.8 Å². The number of methoxy groups -OCH3 is 1. The normalized spacial score (nSPS) is 11.1. The number of hydrogen-bond acceptors (Lipinski definition) is 4. The van der Waals surface area contributed by atoms with Crippen LogP contribution < -0.4 is 8.92 Å². The highest BCUT2D eigenvalue weighted by atomic mass is 32.2. The van der Waals surface area contributed by atoms with Crippen molar-refractivity contribution in [3.8, 4) is 11.5 Å². The van der Waals surface area contributed by atoms with Gasteiger partial charge in [-0.1, -0.05) is 18.2 Å². The van der Waals surface area contributed by atoms with E-state index in [1.165, 1.54) is 19.2 Å². The maximum atomic E-state index is 12.1. The SMILES string of the molecule is COc1ccc(S(=O)(=O)Oc2ccccc2)cc1C. The van der Waals surface area contributed by atoms with Crippen molar-refractivity contribution in [1.82, 2.24) is 0 Å². The minimum Gasteiger partial charge on any atom is -0.496 e. The molecule has 4 nitrogen and oxygen atoms in total. The molecule has 0 radical (unpaired) electrons. The van der Waals surface area contributed by atoms with E-state index in [0.717, 1.165) is 5.56 Å². The second-order valence-corrected chi connectivity index (χ2v) is 5.53. The summed E-state index contributed by atoms with van der Waals surface area (Å²) in [6.45, 7) is 1.78. The Hall–Kier alpha value is -2.01. The fraction of sp³-hybridized carbons (Fsp3) is 0.143. The van der Waals surface area contributed by atoms with Gasteiger partial charge in [0, 0.05) is 0 Å². The summed E-state index contributed by atoms with van der Waals surface area (Å²) in [7, 11) is -2.28. The minimum atomic E-state index is -3.82. The lowest BCUT2D eigenvalue weighted by Crippen LogP contribution is -2.10. The third kappa shape index (κ3) is 3.06. The molecule has 0 aromatic heterocycles. The number of ether oxygens (including phenoxy) is 1. The van der Waals surface area contributed by atoms with Gasteiger partial charge in [-0.05, 0) is 42.8 Å². The van der Waals surface area contributed by atoms with Crippen molar-refractivity contribution in [2.75, 3.05) is 7.11 Å². The first-order chi connectivity index (χ1) is 9.03. The van der Waals surface area contributed by atoms with Crippen molar-refractivity contribution >= 4 is 10.1 Å². The maximum Gasteiger partial charge on any atom is 0.339 e. The molecule has 0 N–H and O–H groups in total. The van der Waals surface area contributed by atoms with E-state index in [1.54, 1.807) is 43.3 Å². The molecule has 0 unspecified atom stereocenters. The molecule has 0 bridgehead atoms. The van der Waals surface area contributed by atoms with Crippen LogP contribution in [-0.2, 0) is 10.1 Å². The van der Waals surface area contributed by atoms with E-state index in [9.17, 15) is 8.42 Å². The molecule has 0 heterocycles. The third-order valence-electron chi connectivity index (χ3n) is 2.60. The van der Waals surface area contributed by atoms with Crippen LogP contribution in [0, 0.1) is 6.92 Å². The number of benzene rings is 2. The van der Waals surface area contributed by atoms with Crippen molar-refractivity contribution < 1.29 is 17.3 Å². The molecular formula is C14H14O4S. The van der Waals surface area contributed by atoms with Gasteiger partial charge in [-0.25, -0.2) is 0 Å². The Kier molecular flexibility index (Phi) is 3.76. The van der Waals surface area contributed by atoms with Gasteiger partial charge in [0.25, 0.3) is 0 Å². The second kappa shape index (κ2) is 5.32. The van der Waals surface area contributed by atoms with E-state index in [4.69, 9.17) is 8.92 Å². The molecule has 0 saturated carbocycles.